The minimum absolute atomic E-state index is 0.224. The van der Waals surface area contributed by atoms with E-state index in [-0.39, 0.29) is 17.7 Å². The smallest absolute Gasteiger partial charge is 0.330 e. The Hall–Kier alpha value is -1.16. The van der Waals surface area contributed by atoms with Crippen molar-refractivity contribution in [1.29, 1.82) is 0 Å². The van der Waals surface area contributed by atoms with Crippen LogP contribution in [0.5, 0.6) is 0 Å². The highest BCUT2D eigenvalue weighted by Crippen LogP contribution is 2.25. The summed E-state index contributed by atoms with van der Waals surface area (Å²) in [6.07, 6.45) is 6.09. The Labute approximate surface area is 96.0 Å². The Kier molecular flexibility index (Phi) is 5.19. The molecule has 1 rings (SSSR count). The van der Waals surface area contributed by atoms with E-state index in [1.807, 2.05) is 0 Å². The first-order valence-electron chi connectivity index (χ1n) is 5.61. The zero-order chi connectivity index (χ0) is 12.0. The number of ether oxygens (including phenoxy) is 1. The Morgan fingerprint density at radius 1 is 1.44 bits per heavy atom. The van der Waals surface area contributed by atoms with E-state index in [0.717, 1.165) is 19.3 Å². The van der Waals surface area contributed by atoms with Crippen LogP contribution in [0.1, 0.15) is 26.2 Å². The Morgan fingerprint density at radius 3 is 2.75 bits per heavy atom. The van der Waals surface area contributed by atoms with Crippen LogP contribution in [0, 0.1) is 5.92 Å². The molecule has 0 amide bonds. The molecule has 1 saturated carbocycles. The number of rotatable bonds is 5. The largest absolute Gasteiger partial charge is 0.466 e. The molecule has 16 heavy (non-hydrogen) atoms. The fourth-order valence-electron chi connectivity index (χ4n) is 1.99. The zero-order valence-electron chi connectivity index (χ0n) is 9.86. The van der Waals surface area contributed by atoms with E-state index in [0.29, 0.717) is 12.6 Å². The predicted octanol–water partition coefficient (Wildman–Crippen LogP) is 1.06. The number of nitrogens with one attached hydrogen (secondary N) is 1. The van der Waals surface area contributed by atoms with Crippen LogP contribution in [0.2, 0.25) is 0 Å². The van der Waals surface area contributed by atoms with E-state index in [4.69, 9.17) is 0 Å². The van der Waals surface area contributed by atoms with Crippen LogP contribution in [0.4, 0.5) is 0 Å². The first kappa shape index (κ1) is 12.9. The van der Waals surface area contributed by atoms with E-state index in [2.05, 4.69) is 10.1 Å². The van der Waals surface area contributed by atoms with Crippen LogP contribution in [-0.4, -0.2) is 31.4 Å². The lowest BCUT2D eigenvalue weighted by Crippen LogP contribution is -2.27. The van der Waals surface area contributed by atoms with Gasteiger partial charge in [-0.2, -0.15) is 0 Å². The molecular weight excluding hydrogens is 206 g/mol. The van der Waals surface area contributed by atoms with Gasteiger partial charge < -0.3 is 10.1 Å². The quantitative estimate of drug-likeness (QED) is 0.561. The average Bonchev–Trinajstić information content (AvgIpc) is 2.72. The molecule has 90 valence electrons. The van der Waals surface area contributed by atoms with Crippen molar-refractivity contribution in [2.75, 3.05) is 13.7 Å². The second-order valence-electron chi connectivity index (χ2n) is 4.15. The maximum atomic E-state index is 11.1. The number of hydrogen-bond donors (Lipinski definition) is 1. The fourth-order valence-corrected chi connectivity index (χ4v) is 1.99. The Balaban J connectivity index is 2.18. The molecular formula is C12H19NO3. The molecule has 0 heterocycles. The minimum Gasteiger partial charge on any atom is -0.466 e. The normalized spacial score (nSPS) is 24.9. The third kappa shape index (κ3) is 4.14. The van der Waals surface area contributed by atoms with Crippen LogP contribution in [-0.2, 0) is 14.3 Å². The highest BCUT2D eigenvalue weighted by molar-refractivity contribution is 5.81. The van der Waals surface area contributed by atoms with E-state index in [9.17, 15) is 9.59 Å². The number of Topliss-reactive ketones (excluding diaryl/α,β-unsaturated/α-hetero) is 1. The molecule has 0 aromatic carbocycles. The van der Waals surface area contributed by atoms with Gasteiger partial charge in [0.05, 0.1) is 7.11 Å². The highest BCUT2D eigenvalue weighted by atomic mass is 16.5. The summed E-state index contributed by atoms with van der Waals surface area (Å²) in [6, 6.07) is 0.399. The van der Waals surface area contributed by atoms with Crippen LogP contribution in [0.3, 0.4) is 0 Å². The van der Waals surface area contributed by atoms with Crippen molar-refractivity contribution >= 4 is 11.8 Å². The molecule has 4 heteroatoms. The first-order chi connectivity index (χ1) is 7.63. The molecule has 0 aromatic heterocycles. The van der Waals surface area contributed by atoms with Gasteiger partial charge in [0.2, 0.25) is 0 Å². The van der Waals surface area contributed by atoms with Gasteiger partial charge in [-0.05, 0) is 26.2 Å². The molecule has 0 radical (unpaired) electrons. The van der Waals surface area contributed by atoms with E-state index < -0.39 is 0 Å². The van der Waals surface area contributed by atoms with E-state index in [1.54, 1.807) is 13.0 Å². The lowest BCUT2D eigenvalue weighted by molar-refractivity contribution is -0.134. The molecule has 0 spiro atoms. The molecule has 2 atom stereocenters. The summed E-state index contributed by atoms with van der Waals surface area (Å²) in [7, 11) is 1.36. The van der Waals surface area contributed by atoms with Crippen molar-refractivity contribution in [3.63, 3.8) is 0 Å². The van der Waals surface area contributed by atoms with E-state index in [1.165, 1.54) is 13.2 Å². The molecule has 0 aliphatic heterocycles. The number of methoxy groups -OCH3 is 1. The van der Waals surface area contributed by atoms with Crippen molar-refractivity contribution < 1.29 is 14.3 Å². The van der Waals surface area contributed by atoms with Gasteiger partial charge in [0, 0.05) is 24.6 Å². The van der Waals surface area contributed by atoms with Crippen molar-refractivity contribution in [3.8, 4) is 0 Å². The number of carbonyl (C=O) groups excluding carboxylic acids is 2. The number of ketones is 1. The van der Waals surface area contributed by atoms with Crippen LogP contribution in [0.15, 0.2) is 12.2 Å². The van der Waals surface area contributed by atoms with Gasteiger partial charge >= 0.3 is 5.97 Å². The Bertz CT molecular complexity index is 286. The Morgan fingerprint density at radius 2 is 2.19 bits per heavy atom. The fraction of sp³-hybridized carbons (Fsp3) is 0.667. The zero-order valence-corrected chi connectivity index (χ0v) is 9.86. The van der Waals surface area contributed by atoms with Crippen LogP contribution in [0.25, 0.3) is 0 Å². The molecule has 0 aromatic rings. The van der Waals surface area contributed by atoms with Gasteiger partial charge in [-0.15, -0.1) is 0 Å². The predicted molar refractivity (Wildman–Crippen MR) is 61.0 cm³/mol. The molecule has 1 aliphatic rings. The summed E-state index contributed by atoms with van der Waals surface area (Å²) >= 11 is 0. The summed E-state index contributed by atoms with van der Waals surface area (Å²) in [5, 5.41) is 3.30. The molecule has 0 saturated heterocycles. The summed E-state index contributed by atoms with van der Waals surface area (Å²) in [5.41, 5.74) is 0. The highest BCUT2D eigenvalue weighted by Gasteiger charge is 2.26. The molecule has 1 N–H and O–H groups in total. The van der Waals surface area contributed by atoms with Crippen LogP contribution < -0.4 is 5.32 Å². The topological polar surface area (TPSA) is 55.4 Å². The average molecular weight is 225 g/mol. The van der Waals surface area contributed by atoms with E-state index >= 15 is 0 Å². The van der Waals surface area contributed by atoms with Gasteiger partial charge in [0.15, 0.2) is 0 Å². The summed E-state index contributed by atoms with van der Waals surface area (Å²) in [6.45, 7) is 2.30. The second kappa shape index (κ2) is 6.43. The SMILES string of the molecule is COC(=O)/C=C/CNC1CCC(C(C)=O)C1. The van der Waals surface area contributed by atoms with Gasteiger partial charge in [-0.3, -0.25) is 4.79 Å². The monoisotopic (exact) mass is 225 g/mol. The summed E-state index contributed by atoms with van der Waals surface area (Å²) in [5.74, 6) is 0.173. The van der Waals surface area contributed by atoms with Crippen molar-refractivity contribution in [2.45, 2.75) is 32.2 Å². The van der Waals surface area contributed by atoms with Gasteiger partial charge in [0.1, 0.15) is 5.78 Å². The van der Waals surface area contributed by atoms with Crippen molar-refractivity contribution in [3.05, 3.63) is 12.2 Å². The molecule has 0 bridgehead atoms. The third-order valence-electron chi connectivity index (χ3n) is 2.99. The van der Waals surface area contributed by atoms with Gasteiger partial charge in [0.25, 0.3) is 0 Å². The molecule has 2 unspecified atom stereocenters. The summed E-state index contributed by atoms with van der Waals surface area (Å²) in [4.78, 5) is 21.9. The molecule has 4 nitrogen and oxygen atoms in total. The van der Waals surface area contributed by atoms with Gasteiger partial charge in [-0.1, -0.05) is 6.08 Å². The maximum absolute atomic E-state index is 11.1. The first-order valence-corrected chi connectivity index (χ1v) is 5.61. The second-order valence-corrected chi connectivity index (χ2v) is 4.15. The minimum atomic E-state index is -0.338. The van der Waals surface area contributed by atoms with Crippen LogP contribution >= 0.6 is 0 Å². The van der Waals surface area contributed by atoms with Crippen molar-refractivity contribution in [1.82, 2.24) is 5.32 Å². The number of hydrogen-bond acceptors (Lipinski definition) is 4. The molecule has 1 aliphatic carbocycles. The summed E-state index contributed by atoms with van der Waals surface area (Å²) < 4.78 is 4.47. The third-order valence-corrected chi connectivity index (χ3v) is 2.99. The lowest BCUT2D eigenvalue weighted by Gasteiger charge is -2.10. The maximum Gasteiger partial charge on any atom is 0.330 e. The molecule has 1 fully saturated rings. The van der Waals surface area contributed by atoms with Crippen molar-refractivity contribution in [2.24, 2.45) is 5.92 Å². The standard InChI is InChI=1S/C12H19NO3/c1-9(14)10-5-6-11(8-10)13-7-3-4-12(15)16-2/h3-4,10-11,13H,5-8H2,1-2H3/b4-3+. The van der Waals surface area contributed by atoms with Gasteiger partial charge in [-0.25, -0.2) is 4.79 Å². The lowest BCUT2D eigenvalue weighted by atomic mass is 10.0. The number of carbonyl (C=O) groups is 2. The number of esters is 1.